The summed E-state index contributed by atoms with van der Waals surface area (Å²) in [5.74, 6) is -0.188. The minimum Gasteiger partial charge on any atom is -0.508 e. The van der Waals surface area contributed by atoms with Gasteiger partial charge in [-0.25, -0.2) is 0 Å². The van der Waals surface area contributed by atoms with Crippen molar-refractivity contribution in [1.29, 1.82) is 0 Å². The van der Waals surface area contributed by atoms with Crippen molar-refractivity contribution in [3.8, 4) is 5.75 Å². The second-order valence-corrected chi connectivity index (χ2v) is 2.76. The highest BCUT2D eigenvalue weighted by Gasteiger charge is 2.00. The maximum Gasteiger partial charge on any atom is 0.221 e. The van der Waals surface area contributed by atoms with Crippen LogP contribution in [-0.2, 0) is 11.2 Å². The van der Waals surface area contributed by atoms with Gasteiger partial charge in [-0.3, -0.25) is 4.79 Å². The number of phenolic OH excluding ortho intramolecular Hbond substituents is 1. The van der Waals surface area contributed by atoms with E-state index in [-0.39, 0.29) is 18.3 Å². The third-order valence-corrected chi connectivity index (χ3v) is 1.65. The van der Waals surface area contributed by atoms with Crippen LogP contribution in [0.5, 0.6) is 5.75 Å². The van der Waals surface area contributed by atoms with Gasteiger partial charge in [-0.15, -0.1) is 0 Å². The summed E-state index contributed by atoms with van der Waals surface area (Å²) < 4.78 is 0. The normalized spacial score (nSPS) is 9.00. The zero-order valence-electron chi connectivity index (χ0n) is 7.58. The highest BCUT2D eigenvalue weighted by Crippen LogP contribution is 2.17. The van der Waals surface area contributed by atoms with E-state index in [0.29, 0.717) is 0 Å². The monoisotopic (exact) mass is 182 g/mol. The number of nitrogens with two attached hydrogens (primary N) is 1. The van der Waals surface area contributed by atoms with E-state index < -0.39 is 5.91 Å². The quantitative estimate of drug-likeness (QED) is 0.633. The number of rotatable bonds is 2. The lowest BCUT2D eigenvalue weighted by atomic mass is 10.1. The second kappa shape index (κ2) is 4.47. The van der Waals surface area contributed by atoms with Crippen LogP contribution in [-0.4, -0.2) is 11.0 Å². The highest BCUT2D eigenvalue weighted by molar-refractivity contribution is 5.76. The van der Waals surface area contributed by atoms with Crippen LogP contribution in [0.1, 0.15) is 11.1 Å². The van der Waals surface area contributed by atoms with Crippen molar-refractivity contribution in [1.82, 2.24) is 6.15 Å². The number of carbonyl (C=O) groups is 1. The average molecular weight is 182 g/mol. The van der Waals surface area contributed by atoms with Crippen LogP contribution >= 0.6 is 0 Å². The van der Waals surface area contributed by atoms with Crippen molar-refractivity contribution in [3.05, 3.63) is 29.3 Å². The molecule has 0 heterocycles. The molecule has 0 aromatic heterocycles. The Morgan fingerprint density at radius 1 is 1.54 bits per heavy atom. The molecule has 0 aliphatic heterocycles. The minimum absolute atomic E-state index is 0. The molecule has 1 aromatic rings. The molecule has 0 fully saturated rings. The fourth-order valence-corrected chi connectivity index (χ4v) is 0.966. The molecule has 72 valence electrons. The second-order valence-electron chi connectivity index (χ2n) is 2.76. The van der Waals surface area contributed by atoms with Gasteiger partial charge in [0.2, 0.25) is 5.91 Å². The lowest BCUT2D eigenvalue weighted by Crippen LogP contribution is -2.13. The highest BCUT2D eigenvalue weighted by atomic mass is 16.3. The predicted molar refractivity (Wildman–Crippen MR) is 50.8 cm³/mol. The summed E-state index contributed by atoms with van der Waals surface area (Å²) in [5.41, 5.74) is 6.53. The summed E-state index contributed by atoms with van der Waals surface area (Å²) in [5, 5.41) is 9.26. The number of hydrogen-bond acceptors (Lipinski definition) is 3. The van der Waals surface area contributed by atoms with E-state index in [1.54, 1.807) is 25.1 Å². The molecule has 0 saturated heterocycles. The van der Waals surface area contributed by atoms with E-state index in [0.717, 1.165) is 11.1 Å². The summed E-state index contributed by atoms with van der Waals surface area (Å²) in [6.07, 6.45) is 0.174. The van der Waals surface area contributed by atoms with Crippen molar-refractivity contribution >= 4 is 5.91 Å². The predicted octanol–water partition coefficient (Wildman–Crippen LogP) is 0.890. The zero-order valence-corrected chi connectivity index (χ0v) is 7.58. The van der Waals surface area contributed by atoms with Gasteiger partial charge < -0.3 is 17.0 Å². The van der Waals surface area contributed by atoms with Crippen LogP contribution in [0.4, 0.5) is 0 Å². The number of hydrogen-bond donors (Lipinski definition) is 3. The Balaban J connectivity index is 0.00000144. The molecule has 4 nitrogen and oxygen atoms in total. The molecule has 1 aromatic carbocycles. The largest absolute Gasteiger partial charge is 0.508 e. The van der Waals surface area contributed by atoms with Gasteiger partial charge in [0.15, 0.2) is 0 Å². The van der Waals surface area contributed by atoms with Gasteiger partial charge >= 0.3 is 0 Å². The number of primary amides is 1. The van der Waals surface area contributed by atoms with E-state index in [1.165, 1.54) is 0 Å². The molecule has 0 bridgehead atoms. The molecule has 0 aliphatic carbocycles. The van der Waals surface area contributed by atoms with Crippen molar-refractivity contribution in [2.75, 3.05) is 0 Å². The molecule has 0 atom stereocenters. The van der Waals surface area contributed by atoms with E-state index in [1.807, 2.05) is 0 Å². The van der Waals surface area contributed by atoms with Crippen LogP contribution in [0.2, 0.25) is 0 Å². The van der Waals surface area contributed by atoms with Crippen molar-refractivity contribution in [2.24, 2.45) is 5.73 Å². The fourth-order valence-electron chi connectivity index (χ4n) is 0.966. The van der Waals surface area contributed by atoms with Gasteiger partial charge in [0.1, 0.15) is 5.75 Å². The van der Waals surface area contributed by atoms with Crippen molar-refractivity contribution in [2.45, 2.75) is 13.3 Å². The molecule has 1 rings (SSSR count). The molecule has 4 heteroatoms. The Kier molecular flexibility index (Phi) is 3.94. The first-order valence-electron chi connectivity index (χ1n) is 3.66. The average Bonchev–Trinajstić information content (AvgIpc) is 1.96. The number of phenols is 1. The Labute approximate surface area is 77.0 Å². The summed E-state index contributed by atoms with van der Waals surface area (Å²) in [4.78, 5) is 10.5. The smallest absolute Gasteiger partial charge is 0.221 e. The number of amides is 1. The maximum atomic E-state index is 10.5. The zero-order chi connectivity index (χ0) is 9.14. The summed E-state index contributed by atoms with van der Waals surface area (Å²) >= 11 is 0. The molecule has 0 spiro atoms. The number of aromatic hydroxyl groups is 1. The molecule has 0 aliphatic rings. The first-order chi connectivity index (χ1) is 5.59. The lowest BCUT2D eigenvalue weighted by Gasteiger charge is -2.01. The van der Waals surface area contributed by atoms with E-state index in [2.05, 4.69) is 0 Å². The standard InChI is InChI=1S/C9H11NO2.H3N/c1-6-2-3-7(4-8(6)11)5-9(10)12;/h2-4,11H,5H2,1H3,(H2,10,12);1H3. The van der Waals surface area contributed by atoms with Gasteiger partial charge in [-0.2, -0.15) is 0 Å². The number of carbonyl (C=O) groups excluding carboxylic acids is 1. The molecular weight excluding hydrogens is 168 g/mol. The molecular formula is C9H14N2O2. The first-order valence-corrected chi connectivity index (χ1v) is 3.66. The van der Waals surface area contributed by atoms with Gasteiger partial charge in [0.05, 0.1) is 6.42 Å². The third kappa shape index (κ3) is 3.13. The molecule has 0 radical (unpaired) electrons. The maximum absolute atomic E-state index is 10.5. The molecule has 6 N–H and O–H groups in total. The van der Waals surface area contributed by atoms with Crippen molar-refractivity contribution < 1.29 is 9.90 Å². The minimum atomic E-state index is -0.391. The summed E-state index contributed by atoms with van der Waals surface area (Å²) in [7, 11) is 0. The van der Waals surface area contributed by atoms with Gasteiger partial charge in [0.25, 0.3) is 0 Å². The molecule has 13 heavy (non-hydrogen) atoms. The third-order valence-electron chi connectivity index (χ3n) is 1.65. The van der Waals surface area contributed by atoms with Gasteiger partial charge in [-0.1, -0.05) is 12.1 Å². The van der Waals surface area contributed by atoms with Crippen LogP contribution in [0.3, 0.4) is 0 Å². The SMILES string of the molecule is Cc1ccc(CC(N)=O)cc1O.N. The van der Waals surface area contributed by atoms with Crippen LogP contribution in [0.25, 0.3) is 0 Å². The number of benzene rings is 1. The lowest BCUT2D eigenvalue weighted by molar-refractivity contribution is -0.117. The van der Waals surface area contributed by atoms with Crippen molar-refractivity contribution in [3.63, 3.8) is 0 Å². The Bertz CT molecular complexity index is 310. The fraction of sp³-hybridized carbons (Fsp3) is 0.222. The molecule has 1 amide bonds. The van der Waals surface area contributed by atoms with Crippen LogP contribution < -0.4 is 11.9 Å². The molecule has 0 saturated carbocycles. The first kappa shape index (κ1) is 11.4. The Morgan fingerprint density at radius 3 is 2.62 bits per heavy atom. The number of aryl methyl sites for hydroxylation is 1. The molecule has 0 unspecified atom stereocenters. The Morgan fingerprint density at radius 2 is 2.15 bits per heavy atom. The van der Waals surface area contributed by atoms with E-state index >= 15 is 0 Å². The van der Waals surface area contributed by atoms with Gasteiger partial charge in [-0.05, 0) is 24.1 Å². The van der Waals surface area contributed by atoms with E-state index in [4.69, 9.17) is 5.73 Å². The summed E-state index contributed by atoms with van der Waals surface area (Å²) in [6.45, 7) is 1.80. The summed E-state index contributed by atoms with van der Waals surface area (Å²) in [6, 6.07) is 5.09. The van der Waals surface area contributed by atoms with Crippen LogP contribution in [0.15, 0.2) is 18.2 Å². The Hall–Kier alpha value is -1.55. The van der Waals surface area contributed by atoms with Crippen LogP contribution in [0, 0.1) is 6.92 Å². The van der Waals surface area contributed by atoms with Gasteiger partial charge in [0, 0.05) is 0 Å². The van der Waals surface area contributed by atoms with E-state index in [9.17, 15) is 9.90 Å². The topological polar surface area (TPSA) is 98.3 Å².